The van der Waals surface area contributed by atoms with Crippen LogP contribution in [0.3, 0.4) is 0 Å². The van der Waals surface area contributed by atoms with Crippen molar-refractivity contribution in [2.75, 3.05) is 5.32 Å². The third-order valence-electron chi connectivity index (χ3n) is 2.87. The van der Waals surface area contributed by atoms with E-state index in [1.807, 2.05) is 5.43 Å². The number of halogens is 2. The summed E-state index contributed by atoms with van der Waals surface area (Å²) >= 11 is 11.7. The number of nitro benzene ring substituents is 1. The summed E-state index contributed by atoms with van der Waals surface area (Å²) in [6, 6.07) is 9.88. The van der Waals surface area contributed by atoms with Gasteiger partial charge < -0.3 is 5.32 Å². The molecule has 0 bridgehead atoms. The molecule has 0 aliphatic rings. The molecule has 0 atom stereocenters. The number of amides is 2. The van der Waals surface area contributed by atoms with E-state index in [0.717, 1.165) is 0 Å². The average molecular weight is 381 g/mol. The second-order valence-electron chi connectivity index (χ2n) is 4.63. The minimum Gasteiger partial charge on any atom is -0.316 e. The van der Waals surface area contributed by atoms with Crippen molar-refractivity contribution >= 4 is 52.6 Å². The monoisotopic (exact) mass is 380 g/mol. The quantitative estimate of drug-likeness (QED) is 0.367. The maximum absolute atomic E-state index is 11.8. The Morgan fingerprint density at radius 1 is 1.08 bits per heavy atom. The molecule has 2 amide bonds. The molecule has 128 valence electrons. The summed E-state index contributed by atoms with van der Waals surface area (Å²) in [7, 11) is 0. The number of non-ortho nitro benzene ring substituents is 1. The molecule has 2 aromatic rings. The number of carbonyl (C=O) groups is 2. The van der Waals surface area contributed by atoms with Gasteiger partial charge in [-0.25, -0.2) is 5.43 Å². The smallest absolute Gasteiger partial charge is 0.316 e. The van der Waals surface area contributed by atoms with Gasteiger partial charge in [0.2, 0.25) is 0 Å². The number of carbonyl (C=O) groups excluding carboxylic acids is 2. The fraction of sp³-hybridized carbons (Fsp3) is 0. The van der Waals surface area contributed by atoms with Crippen LogP contribution in [0, 0.1) is 10.1 Å². The van der Waals surface area contributed by atoms with Crippen LogP contribution in [0.4, 0.5) is 11.4 Å². The molecule has 0 aromatic heterocycles. The lowest BCUT2D eigenvalue weighted by Gasteiger charge is -2.06. The van der Waals surface area contributed by atoms with Crippen LogP contribution in [0.2, 0.25) is 10.0 Å². The zero-order valence-electron chi connectivity index (χ0n) is 12.4. The average Bonchev–Trinajstić information content (AvgIpc) is 2.58. The van der Waals surface area contributed by atoms with Crippen LogP contribution < -0.4 is 10.7 Å². The molecular weight excluding hydrogens is 371 g/mol. The van der Waals surface area contributed by atoms with Crippen LogP contribution >= 0.6 is 23.2 Å². The van der Waals surface area contributed by atoms with Gasteiger partial charge in [-0.3, -0.25) is 19.7 Å². The van der Waals surface area contributed by atoms with Gasteiger partial charge in [0.05, 0.1) is 21.8 Å². The third-order valence-corrected chi connectivity index (χ3v) is 3.43. The fourth-order valence-electron chi connectivity index (χ4n) is 1.67. The van der Waals surface area contributed by atoms with E-state index < -0.39 is 16.7 Å². The Hall–Kier alpha value is -2.97. The van der Waals surface area contributed by atoms with Crippen molar-refractivity contribution in [3.63, 3.8) is 0 Å². The van der Waals surface area contributed by atoms with E-state index in [-0.39, 0.29) is 16.4 Å². The first kappa shape index (κ1) is 18.4. The fourth-order valence-corrected chi connectivity index (χ4v) is 2.01. The van der Waals surface area contributed by atoms with E-state index in [4.69, 9.17) is 23.2 Å². The Bertz CT molecular complexity index is 853. The Balaban J connectivity index is 1.93. The largest absolute Gasteiger partial charge is 0.329 e. The molecule has 2 aromatic carbocycles. The second kappa shape index (κ2) is 8.22. The van der Waals surface area contributed by atoms with E-state index in [9.17, 15) is 19.7 Å². The molecule has 25 heavy (non-hydrogen) atoms. The maximum Gasteiger partial charge on any atom is 0.329 e. The first-order valence-corrected chi connectivity index (χ1v) is 7.46. The van der Waals surface area contributed by atoms with Crippen LogP contribution in [0.25, 0.3) is 0 Å². The Kier molecular flexibility index (Phi) is 6.04. The molecule has 0 radical (unpaired) electrons. The van der Waals surface area contributed by atoms with Crippen molar-refractivity contribution in [1.82, 2.24) is 5.43 Å². The van der Waals surface area contributed by atoms with Gasteiger partial charge in [-0.15, -0.1) is 0 Å². The standard InChI is InChI=1S/C15H10Cl2N4O4/c16-10-3-6-12(17)13(7-10)19-14(22)15(23)20-18-8-9-1-4-11(5-2-9)21(24)25/h1-8H,(H,19,22)(H,20,23)/b18-8-. The first-order valence-electron chi connectivity index (χ1n) is 6.70. The van der Waals surface area contributed by atoms with E-state index >= 15 is 0 Å². The number of benzene rings is 2. The summed E-state index contributed by atoms with van der Waals surface area (Å²) in [4.78, 5) is 33.4. The lowest BCUT2D eigenvalue weighted by Crippen LogP contribution is -2.32. The summed E-state index contributed by atoms with van der Waals surface area (Å²) in [6.45, 7) is 0. The molecule has 2 rings (SSSR count). The normalized spacial score (nSPS) is 10.5. The second-order valence-corrected chi connectivity index (χ2v) is 5.47. The number of nitrogens with zero attached hydrogens (tertiary/aromatic N) is 2. The Morgan fingerprint density at radius 3 is 2.40 bits per heavy atom. The van der Waals surface area contributed by atoms with Gasteiger partial charge in [-0.05, 0) is 35.9 Å². The molecule has 0 unspecified atom stereocenters. The van der Waals surface area contributed by atoms with Crippen molar-refractivity contribution in [3.05, 3.63) is 68.2 Å². The number of anilines is 1. The Morgan fingerprint density at radius 2 is 1.76 bits per heavy atom. The predicted molar refractivity (Wildman–Crippen MR) is 93.9 cm³/mol. The molecule has 0 aliphatic carbocycles. The molecule has 0 spiro atoms. The highest BCUT2D eigenvalue weighted by molar-refractivity contribution is 6.42. The van der Waals surface area contributed by atoms with Crippen LogP contribution in [0.5, 0.6) is 0 Å². The topological polar surface area (TPSA) is 114 Å². The van der Waals surface area contributed by atoms with Gasteiger partial charge >= 0.3 is 11.8 Å². The number of hydrazone groups is 1. The summed E-state index contributed by atoms with van der Waals surface area (Å²) in [5.41, 5.74) is 2.65. The van der Waals surface area contributed by atoms with Crippen LogP contribution in [0.15, 0.2) is 47.6 Å². The lowest BCUT2D eigenvalue weighted by molar-refractivity contribution is -0.384. The van der Waals surface area contributed by atoms with Gasteiger partial charge in [-0.2, -0.15) is 5.10 Å². The van der Waals surface area contributed by atoms with Crippen molar-refractivity contribution in [2.45, 2.75) is 0 Å². The van der Waals surface area contributed by atoms with Crippen LogP contribution in [0.1, 0.15) is 5.56 Å². The minimum absolute atomic E-state index is 0.0704. The summed E-state index contributed by atoms with van der Waals surface area (Å²) < 4.78 is 0. The molecule has 0 saturated heterocycles. The van der Waals surface area contributed by atoms with E-state index in [1.165, 1.54) is 48.7 Å². The zero-order valence-corrected chi connectivity index (χ0v) is 13.9. The van der Waals surface area contributed by atoms with E-state index in [1.54, 1.807) is 0 Å². The molecule has 0 fully saturated rings. The molecule has 0 heterocycles. The molecule has 0 saturated carbocycles. The maximum atomic E-state index is 11.8. The van der Waals surface area contributed by atoms with E-state index in [0.29, 0.717) is 10.6 Å². The minimum atomic E-state index is -1.02. The summed E-state index contributed by atoms with van der Waals surface area (Å²) in [5, 5.41) is 17.0. The van der Waals surface area contributed by atoms with Gasteiger partial charge in [0.15, 0.2) is 0 Å². The number of rotatable bonds is 4. The lowest BCUT2D eigenvalue weighted by atomic mass is 10.2. The zero-order chi connectivity index (χ0) is 18.4. The number of nitro groups is 1. The van der Waals surface area contributed by atoms with E-state index in [2.05, 4.69) is 10.4 Å². The Labute approximate surface area is 151 Å². The van der Waals surface area contributed by atoms with Gasteiger partial charge in [0, 0.05) is 17.2 Å². The third kappa shape index (κ3) is 5.27. The van der Waals surface area contributed by atoms with Crippen molar-refractivity contribution in [2.24, 2.45) is 5.10 Å². The van der Waals surface area contributed by atoms with Crippen molar-refractivity contribution < 1.29 is 14.5 Å². The highest BCUT2D eigenvalue weighted by Gasteiger charge is 2.14. The highest BCUT2D eigenvalue weighted by Crippen LogP contribution is 2.25. The number of nitrogens with one attached hydrogen (secondary N) is 2. The molecule has 2 N–H and O–H groups in total. The molecule has 8 nitrogen and oxygen atoms in total. The predicted octanol–water partition coefficient (Wildman–Crippen LogP) is 2.99. The summed E-state index contributed by atoms with van der Waals surface area (Å²) in [6.07, 6.45) is 1.24. The summed E-state index contributed by atoms with van der Waals surface area (Å²) in [5.74, 6) is -2.00. The number of hydrogen-bond acceptors (Lipinski definition) is 5. The highest BCUT2D eigenvalue weighted by atomic mass is 35.5. The molecule has 10 heteroatoms. The van der Waals surface area contributed by atoms with Gasteiger partial charge in [-0.1, -0.05) is 23.2 Å². The van der Waals surface area contributed by atoms with Crippen molar-refractivity contribution in [1.29, 1.82) is 0 Å². The molecular formula is C15H10Cl2N4O4. The van der Waals surface area contributed by atoms with Crippen LogP contribution in [-0.4, -0.2) is 23.0 Å². The van der Waals surface area contributed by atoms with Gasteiger partial charge in [0.1, 0.15) is 0 Å². The molecule has 0 aliphatic heterocycles. The van der Waals surface area contributed by atoms with Crippen molar-refractivity contribution in [3.8, 4) is 0 Å². The first-order chi connectivity index (χ1) is 11.9. The number of hydrogen-bond donors (Lipinski definition) is 2. The SMILES string of the molecule is O=C(N/N=C\c1ccc([N+](=O)[O-])cc1)C(=O)Nc1cc(Cl)ccc1Cl. The van der Waals surface area contributed by atoms with Gasteiger partial charge in [0.25, 0.3) is 5.69 Å². The van der Waals surface area contributed by atoms with Crippen LogP contribution in [-0.2, 0) is 9.59 Å².